The maximum atomic E-state index is 6.09. The fourth-order valence-corrected chi connectivity index (χ4v) is 3.25. The number of methoxy groups -OCH3 is 1. The van der Waals surface area contributed by atoms with Crippen molar-refractivity contribution in [3.8, 4) is 5.75 Å². The standard InChI is InChI=1S/C15H13BrCl3NO/c1-8(9-3-4-12(18)13(19)5-9)20-14-7-10(17)6-11(16)15(14)21-2/h3-8,20H,1-2H3. The molecule has 0 aliphatic carbocycles. The lowest BCUT2D eigenvalue weighted by molar-refractivity contribution is 0.413. The Balaban J connectivity index is 2.30. The SMILES string of the molecule is COc1c(Br)cc(Cl)cc1NC(C)c1ccc(Cl)c(Cl)c1. The minimum atomic E-state index is 0.0130. The summed E-state index contributed by atoms with van der Waals surface area (Å²) in [6, 6.07) is 9.17. The number of ether oxygens (including phenoxy) is 1. The highest BCUT2D eigenvalue weighted by Crippen LogP contribution is 2.38. The third-order valence-corrected chi connectivity index (χ3v) is 4.57. The van der Waals surface area contributed by atoms with Gasteiger partial charge in [0, 0.05) is 11.1 Å². The Morgan fingerprint density at radius 2 is 1.81 bits per heavy atom. The fraction of sp³-hybridized carbons (Fsp3) is 0.200. The van der Waals surface area contributed by atoms with Gasteiger partial charge < -0.3 is 10.1 Å². The maximum Gasteiger partial charge on any atom is 0.156 e. The van der Waals surface area contributed by atoms with Gasteiger partial charge >= 0.3 is 0 Å². The van der Waals surface area contributed by atoms with E-state index in [0.29, 0.717) is 20.8 Å². The molecular formula is C15H13BrCl3NO. The van der Waals surface area contributed by atoms with E-state index in [-0.39, 0.29) is 6.04 Å². The first-order chi connectivity index (χ1) is 9.92. The first-order valence-corrected chi connectivity index (χ1v) is 8.09. The molecular weight excluding hydrogens is 396 g/mol. The molecule has 0 amide bonds. The smallest absolute Gasteiger partial charge is 0.156 e. The largest absolute Gasteiger partial charge is 0.493 e. The number of halogens is 4. The van der Waals surface area contributed by atoms with E-state index in [1.807, 2.05) is 25.1 Å². The summed E-state index contributed by atoms with van der Waals surface area (Å²) in [4.78, 5) is 0. The molecule has 0 bridgehead atoms. The lowest BCUT2D eigenvalue weighted by Gasteiger charge is -2.19. The number of rotatable bonds is 4. The van der Waals surface area contributed by atoms with Gasteiger partial charge in [0.1, 0.15) is 0 Å². The molecule has 1 N–H and O–H groups in total. The highest BCUT2D eigenvalue weighted by Gasteiger charge is 2.13. The van der Waals surface area contributed by atoms with Crippen LogP contribution in [0.5, 0.6) is 5.75 Å². The van der Waals surface area contributed by atoms with Gasteiger partial charge in [-0.05, 0) is 52.7 Å². The molecule has 0 aliphatic rings. The maximum absolute atomic E-state index is 6.09. The molecule has 0 saturated carbocycles. The van der Waals surface area contributed by atoms with Gasteiger partial charge in [0.05, 0.1) is 27.3 Å². The Morgan fingerprint density at radius 1 is 1.10 bits per heavy atom. The zero-order chi connectivity index (χ0) is 15.6. The van der Waals surface area contributed by atoms with Crippen LogP contribution in [0.2, 0.25) is 15.1 Å². The Morgan fingerprint density at radius 3 is 2.43 bits per heavy atom. The van der Waals surface area contributed by atoms with Gasteiger partial charge in [-0.1, -0.05) is 40.9 Å². The summed E-state index contributed by atoms with van der Waals surface area (Å²) in [7, 11) is 1.61. The summed E-state index contributed by atoms with van der Waals surface area (Å²) in [5.41, 5.74) is 1.82. The molecule has 2 nitrogen and oxygen atoms in total. The summed E-state index contributed by atoms with van der Waals surface area (Å²) in [6.07, 6.45) is 0. The molecule has 0 heterocycles. The first-order valence-electron chi connectivity index (χ1n) is 6.17. The van der Waals surface area contributed by atoms with Crippen molar-refractivity contribution >= 4 is 56.4 Å². The van der Waals surface area contributed by atoms with E-state index >= 15 is 0 Å². The Bertz CT molecular complexity index is 664. The molecule has 0 aromatic heterocycles. The van der Waals surface area contributed by atoms with Crippen molar-refractivity contribution in [2.45, 2.75) is 13.0 Å². The van der Waals surface area contributed by atoms with Crippen molar-refractivity contribution in [1.82, 2.24) is 0 Å². The van der Waals surface area contributed by atoms with Gasteiger partial charge in [-0.25, -0.2) is 0 Å². The van der Waals surface area contributed by atoms with E-state index in [0.717, 1.165) is 15.7 Å². The van der Waals surface area contributed by atoms with Gasteiger partial charge in [0.15, 0.2) is 5.75 Å². The molecule has 0 aliphatic heterocycles. The van der Waals surface area contributed by atoms with Crippen molar-refractivity contribution in [2.24, 2.45) is 0 Å². The van der Waals surface area contributed by atoms with Gasteiger partial charge in [0.2, 0.25) is 0 Å². The van der Waals surface area contributed by atoms with Crippen LogP contribution in [0.1, 0.15) is 18.5 Å². The molecule has 0 radical (unpaired) electrons. The lowest BCUT2D eigenvalue weighted by atomic mass is 10.1. The van der Waals surface area contributed by atoms with Gasteiger partial charge in [0.25, 0.3) is 0 Å². The number of anilines is 1. The topological polar surface area (TPSA) is 21.3 Å². The van der Waals surface area contributed by atoms with Crippen LogP contribution in [0.25, 0.3) is 0 Å². The van der Waals surface area contributed by atoms with Crippen LogP contribution in [-0.2, 0) is 0 Å². The van der Waals surface area contributed by atoms with E-state index in [4.69, 9.17) is 39.5 Å². The molecule has 0 saturated heterocycles. The highest BCUT2D eigenvalue weighted by molar-refractivity contribution is 9.10. The van der Waals surface area contributed by atoms with Gasteiger partial charge in [-0.15, -0.1) is 0 Å². The minimum Gasteiger partial charge on any atom is -0.493 e. The third kappa shape index (κ3) is 3.98. The van der Waals surface area contributed by atoms with Crippen molar-refractivity contribution in [3.63, 3.8) is 0 Å². The zero-order valence-corrected chi connectivity index (χ0v) is 15.2. The van der Waals surface area contributed by atoms with Crippen LogP contribution in [0.4, 0.5) is 5.69 Å². The Kier molecular flexibility index (Phi) is 5.67. The predicted octanol–water partition coefficient (Wildman–Crippen LogP) is 6.59. The number of hydrogen-bond acceptors (Lipinski definition) is 2. The number of benzene rings is 2. The van der Waals surface area contributed by atoms with Crippen LogP contribution in [0.3, 0.4) is 0 Å². The molecule has 6 heteroatoms. The molecule has 2 aromatic rings. The molecule has 21 heavy (non-hydrogen) atoms. The third-order valence-electron chi connectivity index (χ3n) is 3.03. The quantitative estimate of drug-likeness (QED) is 0.615. The zero-order valence-electron chi connectivity index (χ0n) is 11.4. The van der Waals surface area contributed by atoms with E-state index in [1.165, 1.54) is 0 Å². The Hall–Kier alpha value is -0.610. The lowest BCUT2D eigenvalue weighted by Crippen LogP contribution is -2.08. The van der Waals surface area contributed by atoms with Crippen molar-refractivity contribution < 1.29 is 4.74 Å². The summed E-state index contributed by atoms with van der Waals surface area (Å²) in [5, 5.41) is 5.05. The minimum absolute atomic E-state index is 0.0130. The molecule has 2 aromatic carbocycles. The summed E-state index contributed by atoms with van der Waals surface area (Å²) in [6.45, 7) is 2.02. The van der Waals surface area contributed by atoms with E-state index in [9.17, 15) is 0 Å². The molecule has 112 valence electrons. The van der Waals surface area contributed by atoms with Crippen LogP contribution < -0.4 is 10.1 Å². The summed E-state index contributed by atoms with van der Waals surface area (Å²) < 4.78 is 6.19. The second-order valence-electron chi connectivity index (χ2n) is 4.51. The predicted molar refractivity (Wildman–Crippen MR) is 94.2 cm³/mol. The Labute approximate surface area is 147 Å². The molecule has 1 unspecified atom stereocenters. The van der Waals surface area contributed by atoms with Gasteiger partial charge in [-0.2, -0.15) is 0 Å². The van der Waals surface area contributed by atoms with Crippen LogP contribution >= 0.6 is 50.7 Å². The molecule has 0 spiro atoms. The second-order valence-corrected chi connectivity index (χ2v) is 6.61. The van der Waals surface area contributed by atoms with E-state index in [2.05, 4.69) is 21.2 Å². The van der Waals surface area contributed by atoms with Gasteiger partial charge in [-0.3, -0.25) is 0 Å². The number of nitrogens with one attached hydrogen (secondary N) is 1. The highest BCUT2D eigenvalue weighted by atomic mass is 79.9. The normalized spacial score (nSPS) is 12.1. The molecule has 1 atom stereocenters. The van der Waals surface area contributed by atoms with Crippen molar-refractivity contribution in [2.75, 3.05) is 12.4 Å². The van der Waals surface area contributed by atoms with Crippen LogP contribution in [-0.4, -0.2) is 7.11 Å². The van der Waals surface area contributed by atoms with Crippen LogP contribution in [0, 0.1) is 0 Å². The van der Waals surface area contributed by atoms with E-state index in [1.54, 1.807) is 19.2 Å². The average Bonchev–Trinajstić information content (AvgIpc) is 2.41. The van der Waals surface area contributed by atoms with E-state index < -0.39 is 0 Å². The summed E-state index contributed by atoms with van der Waals surface area (Å²) in [5.74, 6) is 0.700. The first kappa shape index (κ1) is 16.8. The fourth-order valence-electron chi connectivity index (χ4n) is 1.97. The van der Waals surface area contributed by atoms with Crippen molar-refractivity contribution in [3.05, 3.63) is 55.4 Å². The molecule has 0 fully saturated rings. The number of hydrogen-bond donors (Lipinski definition) is 1. The average molecular weight is 410 g/mol. The van der Waals surface area contributed by atoms with Crippen LogP contribution in [0.15, 0.2) is 34.8 Å². The second kappa shape index (κ2) is 7.10. The van der Waals surface area contributed by atoms with Crippen molar-refractivity contribution in [1.29, 1.82) is 0 Å². The monoisotopic (exact) mass is 407 g/mol. The molecule has 2 rings (SSSR count). The summed E-state index contributed by atoms with van der Waals surface area (Å²) >= 11 is 21.5.